The van der Waals surface area contributed by atoms with Gasteiger partial charge in [0.2, 0.25) is 0 Å². The van der Waals surface area contributed by atoms with Crippen molar-refractivity contribution in [2.75, 3.05) is 13.1 Å². The van der Waals surface area contributed by atoms with E-state index in [1.807, 2.05) is 35.7 Å². The number of thiophene rings is 1. The van der Waals surface area contributed by atoms with Gasteiger partial charge in [-0.2, -0.15) is 5.10 Å². The van der Waals surface area contributed by atoms with Gasteiger partial charge in [0, 0.05) is 59.5 Å². The van der Waals surface area contributed by atoms with Gasteiger partial charge >= 0.3 is 0 Å². The molecule has 0 aliphatic carbocycles. The van der Waals surface area contributed by atoms with E-state index in [-0.39, 0.29) is 13.0 Å². The topological polar surface area (TPSA) is 86.4 Å². The lowest BCUT2D eigenvalue weighted by Gasteiger charge is -2.15. The lowest BCUT2D eigenvalue weighted by Crippen LogP contribution is -2.24. The number of halogens is 2. The number of hydrogen-bond donors (Lipinski definition) is 2. The van der Waals surface area contributed by atoms with E-state index < -0.39 is 5.92 Å². The fourth-order valence-corrected chi connectivity index (χ4v) is 5.71. The monoisotopic (exact) mass is 513 g/mol. The first-order valence-corrected chi connectivity index (χ1v) is 12.8. The van der Waals surface area contributed by atoms with Crippen LogP contribution in [0.2, 0.25) is 0 Å². The quantitative estimate of drug-likeness (QED) is 0.290. The molecule has 0 unspecified atom stereocenters. The lowest BCUT2D eigenvalue weighted by molar-refractivity contribution is 0.0115. The molecule has 6 aromatic rings. The average Bonchev–Trinajstić information content (AvgIpc) is 3.69. The standard InChI is InChI=1S/C27H21F2N7S/c28-27(29)6-8-36(15-27)14-16-10-18(13-30-12-16)17-3-4-21-20(11-17)24(35-34-21)26-32-23-19(22-2-1-9-37-22)5-7-31-25(23)33-26/h1-5,7,9-13H,6,8,14-15H2,(H,34,35)(H,31,32,33). The molecule has 6 heterocycles. The minimum atomic E-state index is -2.61. The van der Waals surface area contributed by atoms with Crippen molar-refractivity contribution in [1.82, 2.24) is 35.0 Å². The number of nitrogens with one attached hydrogen (secondary N) is 2. The van der Waals surface area contributed by atoms with Crippen LogP contribution in [0.4, 0.5) is 8.78 Å². The molecule has 0 bridgehead atoms. The number of alkyl halides is 2. The van der Waals surface area contributed by atoms with Crippen molar-refractivity contribution in [1.29, 1.82) is 0 Å². The second-order valence-corrected chi connectivity index (χ2v) is 10.3. The Labute approximate surface area is 214 Å². The number of likely N-dealkylation sites (tertiary alicyclic amines) is 1. The van der Waals surface area contributed by atoms with Crippen LogP contribution < -0.4 is 0 Å². The van der Waals surface area contributed by atoms with Crippen LogP contribution >= 0.6 is 11.3 Å². The Kier molecular flexibility index (Phi) is 5.12. The summed E-state index contributed by atoms with van der Waals surface area (Å²) < 4.78 is 27.2. The highest BCUT2D eigenvalue weighted by atomic mass is 32.1. The molecule has 0 amide bonds. The van der Waals surface area contributed by atoms with E-state index in [1.165, 1.54) is 0 Å². The van der Waals surface area contributed by atoms with Gasteiger partial charge in [0.25, 0.3) is 5.92 Å². The average molecular weight is 514 g/mol. The molecule has 0 spiro atoms. The van der Waals surface area contributed by atoms with Gasteiger partial charge in [0.1, 0.15) is 11.2 Å². The minimum absolute atomic E-state index is 0.0911. The summed E-state index contributed by atoms with van der Waals surface area (Å²) in [4.78, 5) is 20.0. The maximum Gasteiger partial charge on any atom is 0.261 e. The maximum absolute atomic E-state index is 13.6. The third kappa shape index (κ3) is 4.08. The second-order valence-electron chi connectivity index (χ2n) is 9.35. The van der Waals surface area contributed by atoms with Crippen molar-refractivity contribution in [2.45, 2.75) is 18.9 Å². The summed E-state index contributed by atoms with van der Waals surface area (Å²) in [6, 6.07) is 14.1. The number of benzene rings is 1. The number of nitrogens with zero attached hydrogens (tertiary/aromatic N) is 5. The van der Waals surface area contributed by atoms with Gasteiger partial charge in [0.15, 0.2) is 11.5 Å². The molecular formula is C27H21F2N7S. The zero-order valence-electron chi connectivity index (χ0n) is 19.6. The van der Waals surface area contributed by atoms with E-state index in [1.54, 1.807) is 34.8 Å². The SMILES string of the molecule is FC1(F)CCN(Cc2cncc(-c3ccc4[nH]nc(-c5nc6c(-c7cccs7)ccnc6[nH]5)c4c3)c2)C1. The van der Waals surface area contributed by atoms with Crippen LogP contribution in [0.15, 0.2) is 66.4 Å². The zero-order chi connectivity index (χ0) is 25.0. The van der Waals surface area contributed by atoms with Gasteiger partial charge in [-0.15, -0.1) is 11.3 Å². The summed E-state index contributed by atoms with van der Waals surface area (Å²) in [6.45, 7) is 0.637. The Morgan fingerprint density at radius 2 is 2.03 bits per heavy atom. The van der Waals surface area contributed by atoms with E-state index in [0.29, 0.717) is 30.3 Å². The van der Waals surface area contributed by atoms with E-state index in [2.05, 4.69) is 37.3 Å². The molecule has 0 saturated carbocycles. The summed E-state index contributed by atoms with van der Waals surface area (Å²) in [7, 11) is 0. The summed E-state index contributed by atoms with van der Waals surface area (Å²) in [5.74, 6) is -1.97. The summed E-state index contributed by atoms with van der Waals surface area (Å²) >= 11 is 1.66. The van der Waals surface area contributed by atoms with Gasteiger partial charge in [-0.05, 0) is 46.8 Å². The molecule has 0 atom stereocenters. The first kappa shape index (κ1) is 22.2. The predicted molar refractivity (Wildman–Crippen MR) is 140 cm³/mol. The molecular weight excluding hydrogens is 492 g/mol. The van der Waals surface area contributed by atoms with Crippen molar-refractivity contribution >= 4 is 33.4 Å². The fraction of sp³-hybridized carbons (Fsp3) is 0.185. The highest BCUT2D eigenvalue weighted by molar-refractivity contribution is 7.13. The zero-order valence-corrected chi connectivity index (χ0v) is 20.4. The fourth-order valence-electron chi connectivity index (χ4n) is 4.96. The van der Waals surface area contributed by atoms with Crippen LogP contribution in [0.3, 0.4) is 0 Å². The number of pyridine rings is 2. The predicted octanol–water partition coefficient (Wildman–Crippen LogP) is 6.13. The van der Waals surface area contributed by atoms with Gasteiger partial charge < -0.3 is 4.98 Å². The molecule has 1 aliphatic rings. The van der Waals surface area contributed by atoms with Crippen LogP contribution in [0, 0.1) is 0 Å². The van der Waals surface area contributed by atoms with Gasteiger partial charge in [-0.1, -0.05) is 12.1 Å². The number of aromatic amines is 2. The molecule has 7 nitrogen and oxygen atoms in total. The molecule has 1 fully saturated rings. The molecule has 10 heteroatoms. The van der Waals surface area contributed by atoms with E-state index in [9.17, 15) is 8.78 Å². The summed E-state index contributed by atoms with van der Waals surface area (Å²) in [5, 5.41) is 10.6. The molecule has 1 aromatic carbocycles. The number of rotatable bonds is 5. The van der Waals surface area contributed by atoms with Crippen molar-refractivity contribution in [2.24, 2.45) is 0 Å². The molecule has 0 radical (unpaired) electrons. The number of aromatic nitrogens is 6. The van der Waals surface area contributed by atoms with E-state index >= 15 is 0 Å². The lowest BCUT2D eigenvalue weighted by atomic mass is 10.0. The first-order valence-electron chi connectivity index (χ1n) is 11.9. The third-order valence-electron chi connectivity index (χ3n) is 6.74. The Hall–Kier alpha value is -4.02. The van der Waals surface area contributed by atoms with Gasteiger partial charge in [0.05, 0.1) is 12.1 Å². The Morgan fingerprint density at radius 1 is 1.08 bits per heavy atom. The number of fused-ring (bicyclic) bond motifs is 2. The molecule has 2 N–H and O–H groups in total. The van der Waals surface area contributed by atoms with Crippen molar-refractivity contribution < 1.29 is 8.78 Å². The number of H-pyrrole nitrogens is 2. The maximum atomic E-state index is 13.6. The smallest absolute Gasteiger partial charge is 0.261 e. The van der Waals surface area contributed by atoms with Crippen LogP contribution in [0.25, 0.3) is 55.2 Å². The van der Waals surface area contributed by atoms with Crippen LogP contribution in [0.5, 0.6) is 0 Å². The highest BCUT2D eigenvalue weighted by Gasteiger charge is 2.37. The van der Waals surface area contributed by atoms with Crippen molar-refractivity contribution in [3.05, 3.63) is 72.0 Å². The van der Waals surface area contributed by atoms with Gasteiger partial charge in [-0.3, -0.25) is 15.0 Å². The van der Waals surface area contributed by atoms with Crippen molar-refractivity contribution in [3.63, 3.8) is 0 Å². The van der Waals surface area contributed by atoms with E-state index in [4.69, 9.17) is 4.98 Å². The highest BCUT2D eigenvalue weighted by Crippen LogP contribution is 2.34. The molecule has 1 saturated heterocycles. The second kappa shape index (κ2) is 8.53. The normalized spacial score (nSPS) is 15.7. The summed E-state index contributed by atoms with van der Waals surface area (Å²) in [5.41, 5.74) is 6.92. The number of imidazole rings is 1. The molecule has 7 rings (SSSR count). The molecule has 37 heavy (non-hydrogen) atoms. The van der Waals surface area contributed by atoms with Crippen LogP contribution in [-0.4, -0.2) is 54.0 Å². The van der Waals surface area contributed by atoms with E-state index in [0.717, 1.165) is 43.6 Å². The Bertz CT molecular complexity index is 1740. The van der Waals surface area contributed by atoms with Crippen molar-refractivity contribution in [3.8, 4) is 33.1 Å². The first-order chi connectivity index (χ1) is 18.0. The molecule has 1 aliphatic heterocycles. The number of hydrogen-bond acceptors (Lipinski definition) is 6. The van der Waals surface area contributed by atoms with Crippen LogP contribution in [-0.2, 0) is 6.54 Å². The van der Waals surface area contributed by atoms with Crippen LogP contribution in [0.1, 0.15) is 12.0 Å². The Balaban J connectivity index is 1.24. The summed E-state index contributed by atoms with van der Waals surface area (Å²) in [6.07, 6.45) is 5.23. The molecule has 184 valence electrons. The minimum Gasteiger partial charge on any atom is -0.321 e. The third-order valence-corrected chi connectivity index (χ3v) is 7.64. The molecule has 5 aromatic heterocycles. The Morgan fingerprint density at radius 3 is 2.86 bits per heavy atom. The largest absolute Gasteiger partial charge is 0.321 e. The van der Waals surface area contributed by atoms with Gasteiger partial charge in [-0.25, -0.2) is 18.7 Å².